The largest absolute Gasteiger partial charge is 0.457 e. The molecule has 1 aliphatic rings. The van der Waals surface area contributed by atoms with Crippen molar-refractivity contribution in [3.05, 3.63) is 59.9 Å². The van der Waals surface area contributed by atoms with E-state index in [-0.39, 0.29) is 12.1 Å². The smallest absolute Gasteiger partial charge is 0.262 e. The molecule has 1 fully saturated rings. The topological polar surface area (TPSA) is 139 Å². The van der Waals surface area contributed by atoms with Gasteiger partial charge in [0.25, 0.3) is 5.91 Å². The predicted octanol–water partition coefficient (Wildman–Crippen LogP) is 3.04. The fourth-order valence-corrected chi connectivity index (χ4v) is 4.59. The first kappa shape index (κ1) is 27.4. The Labute approximate surface area is 221 Å². The highest BCUT2D eigenvalue weighted by Crippen LogP contribution is 2.29. The van der Waals surface area contributed by atoms with E-state index in [0.717, 1.165) is 29.4 Å². The maximum absolute atomic E-state index is 12.6. The van der Waals surface area contributed by atoms with E-state index in [1.165, 1.54) is 11.8 Å². The lowest BCUT2D eigenvalue weighted by Crippen LogP contribution is -2.56. The zero-order valence-electron chi connectivity index (χ0n) is 21.7. The molecular weight excluding hydrogens is 486 g/mol. The van der Waals surface area contributed by atoms with Crippen LogP contribution in [0.3, 0.4) is 0 Å². The molecule has 2 aromatic carbocycles. The van der Waals surface area contributed by atoms with Crippen molar-refractivity contribution in [2.75, 3.05) is 24.5 Å². The molecule has 0 aliphatic carbocycles. The van der Waals surface area contributed by atoms with Crippen molar-refractivity contribution in [3.63, 3.8) is 0 Å². The fourth-order valence-electron chi connectivity index (χ4n) is 4.59. The Bertz CT molecular complexity index is 1360. The van der Waals surface area contributed by atoms with Crippen LogP contribution in [0.25, 0.3) is 28.2 Å². The fraction of sp³-hybridized carbons (Fsp3) is 0.379. The van der Waals surface area contributed by atoms with E-state index in [2.05, 4.69) is 42.3 Å². The van der Waals surface area contributed by atoms with Crippen molar-refractivity contribution in [1.29, 1.82) is 5.26 Å². The molecule has 5 atom stereocenters. The first-order valence-electron chi connectivity index (χ1n) is 12.7. The first-order valence-corrected chi connectivity index (χ1v) is 12.7. The molecule has 0 spiro atoms. The average molecular weight is 520 g/mol. The number of furan rings is 1. The highest BCUT2D eigenvalue weighted by Gasteiger charge is 2.41. The van der Waals surface area contributed by atoms with Gasteiger partial charge in [0.2, 0.25) is 0 Å². The summed E-state index contributed by atoms with van der Waals surface area (Å²) >= 11 is 0. The van der Waals surface area contributed by atoms with Crippen LogP contribution in [0.4, 0.5) is 5.69 Å². The number of nitriles is 1. The first-order chi connectivity index (χ1) is 18.2. The number of hydrogen-bond donors (Lipinski definition) is 4. The molecule has 0 bridgehead atoms. The van der Waals surface area contributed by atoms with Gasteiger partial charge in [-0.1, -0.05) is 25.1 Å². The van der Waals surface area contributed by atoms with Gasteiger partial charge in [0.05, 0.1) is 6.10 Å². The number of nitrogens with one attached hydrogen (secondary N) is 1. The molecule has 1 unspecified atom stereocenters. The van der Waals surface area contributed by atoms with Gasteiger partial charge in [-0.15, -0.1) is 0 Å². The van der Waals surface area contributed by atoms with Gasteiger partial charge >= 0.3 is 0 Å². The van der Waals surface area contributed by atoms with Crippen LogP contribution in [0.1, 0.15) is 26.5 Å². The van der Waals surface area contributed by atoms with E-state index < -0.39 is 36.4 Å². The minimum absolute atomic E-state index is 0.198. The third kappa shape index (κ3) is 5.74. The number of ether oxygens (including phenoxy) is 1. The van der Waals surface area contributed by atoms with Crippen molar-refractivity contribution in [2.45, 2.75) is 45.4 Å². The van der Waals surface area contributed by atoms with Crippen LogP contribution in [-0.4, -0.2) is 65.5 Å². The predicted molar refractivity (Wildman–Crippen MR) is 144 cm³/mol. The monoisotopic (exact) mass is 519 g/mol. The van der Waals surface area contributed by atoms with Crippen LogP contribution in [0.5, 0.6) is 0 Å². The summed E-state index contributed by atoms with van der Waals surface area (Å²) in [6, 6.07) is 17.7. The number of rotatable bonds is 8. The second-order valence-corrected chi connectivity index (χ2v) is 9.41. The standard InChI is InChI=1S/C29H33N3O6/c1-4-32(5-2)22-9-8-18-12-20(7-6-19(18)13-22)24-11-10-23(37-24)14-21(15-30)28(35)31-16-25-27(34)26(33)17(3)29(36)38-25/h6-14,17,25-27,29,33-34,36H,4-5,16H2,1-3H3,(H,31,35)/b21-14+/t17-,25-,26-,27-,29?/m1/s1. The Balaban J connectivity index is 1.45. The van der Waals surface area contributed by atoms with Crippen LogP contribution in [0, 0.1) is 17.2 Å². The summed E-state index contributed by atoms with van der Waals surface area (Å²) < 4.78 is 11.2. The number of nitrogens with zero attached hydrogens (tertiary/aromatic N) is 2. The molecule has 1 saturated heterocycles. The summed E-state index contributed by atoms with van der Waals surface area (Å²) in [5.41, 5.74) is 1.84. The van der Waals surface area contributed by atoms with Crippen molar-refractivity contribution in [3.8, 4) is 17.4 Å². The highest BCUT2D eigenvalue weighted by atomic mass is 16.6. The second-order valence-electron chi connectivity index (χ2n) is 9.41. The van der Waals surface area contributed by atoms with Gasteiger partial charge in [-0.05, 0) is 55.0 Å². The number of aliphatic hydroxyl groups is 3. The molecule has 1 aliphatic heterocycles. The average Bonchev–Trinajstić information content (AvgIpc) is 3.40. The lowest BCUT2D eigenvalue weighted by atomic mass is 9.92. The van der Waals surface area contributed by atoms with Gasteiger partial charge in [0.15, 0.2) is 6.29 Å². The van der Waals surface area contributed by atoms with Crippen molar-refractivity contribution in [2.24, 2.45) is 5.92 Å². The Morgan fingerprint density at radius 2 is 1.76 bits per heavy atom. The van der Waals surface area contributed by atoms with Gasteiger partial charge in [0, 0.05) is 42.9 Å². The molecular formula is C29H33N3O6. The summed E-state index contributed by atoms with van der Waals surface area (Å²) in [6.07, 6.45) is -3.46. The number of fused-ring (bicyclic) bond motifs is 1. The molecule has 3 aromatic rings. The quantitative estimate of drug-likeness (QED) is 0.263. The van der Waals surface area contributed by atoms with Crippen LogP contribution >= 0.6 is 0 Å². The normalized spacial score (nSPS) is 23.7. The second kappa shape index (κ2) is 11.8. The number of carbonyl (C=O) groups is 1. The van der Waals surface area contributed by atoms with Crippen molar-refractivity contribution in [1.82, 2.24) is 5.32 Å². The molecule has 0 radical (unpaired) electrons. The Hall–Kier alpha value is -3.68. The third-order valence-electron chi connectivity index (χ3n) is 7.01. The molecule has 38 heavy (non-hydrogen) atoms. The maximum Gasteiger partial charge on any atom is 0.262 e. The molecule has 1 aromatic heterocycles. The zero-order valence-corrected chi connectivity index (χ0v) is 21.7. The summed E-state index contributed by atoms with van der Waals surface area (Å²) in [6.45, 7) is 7.49. The summed E-state index contributed by atoms with van der Waals surface area (Å²) in [7, 11) is 0. The van der Waals surface area contributed by atoms with Gasteiger partial charge in [0.1, 0.15) is 35.4 Å². The minimum Gasteiger partial charge on any atom is -0.457 e. The Morgan fingerprint density at radius 1 is 1.05 bits per heavy atom. The number of carbonyl (C=O) groups excluding carboxylic acids is 1. The molecule has 4 rings (SSSR count). The van der Waals surface area contributed by atoms with Crippen LogP contribution in [-0.2, 0) is 9.53 Å². The van der Waals surface area contributed by atoms with Gasteiger partial charge in [-0.2, -0.15) is 5.26 Å². The van der Waals surface area contributed by atoms with Crippen LogP contribution in [0.15, 0.2) is 58.5 Å². The summed E-state index contributed by atoms with van der Waals surface area (Å²) in [4.78, 5) is 14.9. The molecule has 9 nitrogen and oxygen atoms in total. The van der Waals surface area contributed by atoms with E-state index in [1.807, 2.05) is 24.3 Å². The van der Waals surface area contributed by atoms with Crippen LogP contribution < -0.4 is 10.2 Å². The van der Waals surface area contributed by atoms with E-state index in [9.17, 15) is 25.4 Å². The molecule has 0 saturated carbocycles. The van der Waals surface area contributed by atoms with E-state index in [0.29, 0.717) is 11.5 Å². The van der Waals surface area contributed by atoms with E-state index in [1.54, 1.807) is 19.1 Å². The summed E-state index contributed by atoms with van der Waals surface area (Å²) in [5, 5.41) is 44.3. The SMILES string of the molecule is CCN(CC)c1ccc2cc(-c3ccc(/C=C(\C#N)C(=O)NC[C@H]4OC(O)[C@H](C)[C@@H](O)[C@@H]4O)o3)ccc2c1. The minimum atomic E-state index is -1.29. The Morgan fingerprint density at radius 3 is 2.47 bits per heavy atom. The van der Waals surface area contributed by atoms with Crippen molar-refractivity contribution >= 4 is 28.4 Å². The highest BCUT2D eigenvalue weighted by molar-refractivity contribution is 6.01. The number of benzene rings is 2. The third-order valence-corrected chi connectivity index (χ3v) is 7.01. The van der Waals surface area contributed by atoms with Gasteiger partial charge in [-0.25, -0.2) is 0 Å². The lowest BCUT2D eigenvalue weighted by molar-refractivity contribution is -0.258. The molecule has 2 heterocycles. The summed E-state index contributed by atoms with van der Waals surface area (Å²) in [5.74, 6) is -0.442. The number of aliphatic hydroxyl groups excluding tert-OH is 3. The van der Waals surface area contributed by atoms with E-state index >= 15 is 0 Å². The molecule has 200 valence electrons. The van der Waals surface area contributed by atoms with Crippen molar-refractivity contribution < 1.29 is 29.3 Å². The number of hydrogen-bond acceptors (Lipinski definition) is 8. The zero-order chi connectivity index (χ0) is 27.4. The molecule has 1 amide bonds. The van der Waals surface area contributed by atoms with Gasteiger partial charge in [-0.3, -0.25) is 4.79 Å². The number of anilines is 1. The maximum atomic E-state index is 12.6. The van der Waals surface area contributed by atoms with Crippen LogP contribution in [0.2, 0.25) is 0 Å². The lowest BCUT2D eigenvalue weighted by Gasteiger charge is -2.39. The van der Waals surface area contributed by atoms with E-state index in [4.69, 9.17) is 9.15 Å². The Kier molecular flexibility index (Phi) is 8.49. The molecule has 9 heteroatoms. The molecule has 4 N–H and O–H groups in total. The van der Waals surface area contributed by atoms with Gasteiger partial charge < -0.3 is 34.7 Å². The number of amides is 1.